The second-order valence-corrected chi connectivity index (χ2v) is 9.49. The van der Waals surface area contributed by atoms with Gasteiger partial charge in [-0.05, 0) is 31.7 Å². The van der Waals surface area contributed by atoms with Crippen molar-refractivity contribution in [3.05, 3.63) is 47.5 Å². The van der Waals surface area contributed by atoms with Crippen LogP contribution >= 0.6 is 22.9 Å². The Balaban J connectivity index is 1.47. The molecule has 0 unspecified atom stereocenters. The molecule has 3 N–H and O–H groups in total. The number of hydrogen-bond donors (Lipinski definition) is 2. The molecule has 1 fully saturated rings. The molecule has 5 aromatic rings. The van der Waals surface area contributed by atoms with Crippen molar-refractivity contribution in [2.24, 2.45) is 0 Å². The van der Waals surface area contributed by atoms with Crippen molar-refractivity contribution in [2.75, 3.05) is 5.73 Å². The Hall–Kier alpha value is -2.94. The van der Waals surface area contributed by atoms with Crippen LogP contribution in [0.25, 0.3) is 43.5 Å². The molecule has 0 spiro atoms. The van der Waals surface area contributed by atoms with Crippen LogP contribution in [0.5, 0.6) is 0 Å². The fourth-order valence-electron chi connectivity index (χ4n) is 4.54. The van der Waals surface area contributed by atoms with E-state index in [1.165, 1.54) is 0 Å². The number of furan rings is 1. The normalized spacial score (nSPS) is 19.2. The lowest BCUT2D eigenvalue weighted by Gasteiger charge is -2.25. The maximum absolute atomic E-state index is 9.80. The van der Waals surface area contributed by atoms with Gasteiger partial charge in [0.05, 0.1) is 33.5 Å². The first-order valence-corrected chi connectivity index (χ1v) is 11.8. The fourth-order valence-corrected chi connectivity index (χ4v) is 5.77. The summed E-state index contributed by atoms with van der Waals surface area (Å²) in [4.78, 5) is 8.55. The van der Waals surface area contributed by atoms with Crippen LogP contribution in [-0.4, -0.2) is 31.0 Å². The van der Waals surface area contributed by atoms with Crippen LogP contribution in [0.2, 0.25) is 5.02 Å². The first-order valence-electron chi connectivity index (χ1n) is 10.5. The Kier molecular flexibility index (Phi) is 4.67. The molecule has 0 amide bonds. The van der Waals surface area contributed by atoms with Crippen molar-refractivity contribution in [2.45, 2.75) is 37.8 Å². The number of nitrogens with zero attached hydrogens (tertiary/aromatic N) is 4. The summed E-state index contributed by atoms with van der Waals surface area (Å²) in [6.07, 6.45) is 12.4. The van der Waals surface area contributed by atoms with Gasteiger partial charge < -0.3 is 15.3 Å². The predicted octanol–water partition coefficient (Wildman–Crippen LogP) is 5.68. The fraction of sp³-hybridized carbons (Fsp3) is 0.261. The van der Waals surface area contributed by atoms with E-state index in [1.807, 2.05) is 34.7 Å². The topological polar surface area (TPSA) is 103 Å². The van der Waals surface area contributed by atoms with Crippen LogP contribution in [-0.2, 0) is 0 Å². The average molecular weight is 466 g/mol. The largest absolute Gasteiger partial charge is 0.450 e. The standard InChI is InChI=1S/C23H20ClN5O2S/c24-20-19-16(12-7-28-29(10-12)13-1-3-14(30)4-2-13)8-27-23(25)22(19)31-21(20)17-11-32-18-9-26-6-5-15(17)18/h5-11,13-14,30H,1-4H2,(H2,25,27). The van der Waals surface area contributed by atoms with E-state index >= 15 is 0 Å². The lowest BCUT2D eigenvalue weighted by Crippen LogP contribution is -2.21. The second-order valence-electron chi connectivity index (χ2n) is 8.20. The molecular formula is C23H20ClN5O2S. The molecule has 0 atom stereocenters. The molecule has 1 aliphatic rings. The number of thiophene rings is 1. The van der Waals surface area contributed by atoms with E-state index < -0.39 is 0 Å². The molecule has 9 heteroatoms. The van der Waals surface area contributed by atoms with Crippen LogP contribution < -0.4 is 5.73 Å². The van der Waals surface area contributed by atoms with Crippen molar-refractivity contribution in [1.29, 1.82) is 0 Å². The quantitative estimate of drug-likeness (QED) is 0.355. The van der Waals surface area contributed by atoms with E-state index in [2.05, 4.69) is 15.1 Å². The summed E-state index contributed by atoms with van der Waals surface area (Å²) in [5.41, 5.74) is 9.30. The molecule has 5 heterocycles. The van der Waals surface area contributed by atoms with Crippen LogP contribution in [0.3, 0.4) is 0 Å². The van der Waals surface area contributed by atoms with Crippen molar-refractivity contribution in [3.8, 4) is 22.5 Å². The molecule has 7 nitrogen and oxygen atoms in total. The van der Waals surface area contributed by atoms with Gasteiger partial charge in [-0.25, -0.2) is 4.98 Å². The van der Waals surface area contributed by atoms with Gasteiger partial charge in [0.15, 0.2) is 17.2 Å². The third-order valence-corrected chi connectivity index (χ3v) is 7.55. The number of pyridine rings is 2. The zero-order valence-corrected chi connectivity index (χ0v) is 18.6. The van der Waals surface area contributed by atoms with Gasteiger partial charge in [0.25, 0.3) is 0 Å². The number of hydrogen-bond acceptors (Lipinski definition) is 7. The highest BCUT2D eigenvalue weighted by Crippen LogP contribution is 2.46. The molecule has 6 rings (SSSR count). The highest BCUT2D eigenvalue weighted by atomic mass is 35.5. The minimum Gasteiger partial charge on any atom is -0.450 e. The number of rotatable bonds is 3. The lowest BCUT2D eigenvalue weighted by atomic mass is 9.93. The van der Waals surface area contributed by atoms with Crippen LogP contribution in [0, 0.1) is 0 Å². The number of aliphatic hydroxyl groups excluding tert-OH is 1. The van der Waals surface area contributed by atoms with E-state index in [0.29, 0.717) is 22.2 Å². The number of aliphatic hydroxyl groups is 1. The first kappa shape index (κ1) is 19.7. The van der Waals surface area contributed by atoms with Crippen LogP contribution in [0.4, 0.5) is 5.82 Å². The Morgan fingerprint density at radius 3 is 2.84 bits per heavy atom. The van der Waals surface area contributed by atoms with Crippen molar-refractivity contribution in [3.63, 3.8) is 0 Å². The van der Waals surface area contributed by atoms with Gasteiger partial charge in [-0.1, -0.05) is 11.6 Å². The van der Waals surface area contributed by atoms with Gasteiger partial charge in [-0.3, -0.25) is 9.67 Å². The van der Waals surface area contributed by atoms with Gasteiger partial charge in [0.2, 0.25) is 0 Å². The highest BCUT2D eigenvalue weighted by molar-refractivity contribution is 7.17. The summed E-state index contributed by atoms with van der Waals surface area (Å²) in [5.74, 6) is 0.875. The molecule has 0 aliphatic heterocycles. The molecule has 1 aliphatic carbocycles. The molecule has 5 aromatic heterocycles. The SMILES string of the molecule is Nc1ncc(-c2cnn(C3CCC(O)CC3)c2)c2c(Cl)c(-c3csc4cnccc34)oc12. The van der Waals surface area contributed by atoms with Crippen LogP contribution in [0.15, 0.2) is 46.8 Å². The van der Waals surface area contributed by atoms with E-state index in [0.717, 1.165) is 57.8 Å². The predicted molar refractivity (Wildman–Crippen MR) is 127 cm³/mol. The first-order chi connectivity index (χ1) is 15.6. The molecule has 0 radical (unpaired) electrons. The summed E-state index contributed by atoms with van der Waals surface area (Å²) in [6, 6.07) is 2.24. The monoisotopic (exact) mass is 465 g/mol. The third kappa shape index (κ3) is 3.09. The van der Waals surface area contributed by atoms with E-state index in [9.17, 15) is 5.11 Å². The maximum Gasteiger partial charge on any atom is 0.179 e. The average Bonchev–Trinajstić information content (AvgIpc) is 3.53. The summed E-state index contributed by atoms with van der Waals surface area (Å²) in [6.45, 7) is 0. The van der Waals surface area contributed by atoms with Gasteiger partial charge in [-0.15, -0.1) is 11.3 Å². The second kappa shape index (κ2) is 7.58. The highest BCUT2D eigenvalue weighted by Gasteiger charge is 2.25. The zero-order chi connectivity index (χ0) is 21.8. The summed E-state index contributed by atoms with van der Waals surface area (Å²) in [7, 11) is 0. The lowest BCUT2D eigenvalue weighted by molar-refractivity contribution is 0.108. The van der Waals surface area contributed by atoms with Gasteiger partial charge >= 0.3 is 0 Å². The molecular weight excluding hydrogens is 446 g/mol. The number of aromatic nitrogens is 4. The summed E-state index contributed by atoms with van der Waals surface area (Å²) < 4.78 is 9.23. The maximum atomic E-state index is 9.80. The number of nitrogens with two attached hydrogens (primary N) is 1. The van der Waals surface area contributed by atoms with Gasteiger partial charge in [0.1, 0.15) is 0 Å². The molecule has 1 saturated carbocycles. The Labute approximate surface area is 192 Å². The van der Waals surface area contributed by atoms with Crippen molar-refractivity contribution < 1.29 is 9.52 Å². The van der Waals surface area contributed by atoms with E-state index in [4.69, 9.17) is 21.8 Å². The molecule has 0 bridgehead atoms. The Morgan fingerprint density at radius 2 is 2.00 bits per heavy atom. The van der Waals surface area contributed by atoms with Crippen LogP contribution in [0.1, 0.15) is 31.7 Å². The summed E-state index contributed by atoms with van der Waals surface area (Å²) in [5, 5.41) is 18.7. The number of anilines is 1. The van der Waals surface area contributed by atoms with E-state index in [-0.39, 0.29) is 12.1 Å². The number of nitrogen functional groups attached to an aromatic ring is 1. The number of fused-ring (bicyclic) bond motifs is 2. The molecule has 0 aromatic carbocycles. The van der Waals surface area contributed by atoms with Crippen molar-refractivity contribution >= 4 is 49.8 Å². The molecule has 32 heavy (non-hydrogen) atoms. The third-order valence-electron chi connectivity index (χ3n) is 6.26. The molecule has 162 valence electrons. The summed E-state index contributed by atoms with van der Waals surface area (Å²) >= 11 is 8.50. The van der Waals surface area contributed by atoms with Gasteiger partial charge in [-0.2, -0.15) is 5.10 Å². The zero-order valence-electron chi connectivity index (χ0n) is 17.0. The minimum absolute atomic E-state index is 0.200. The smallest absolute Gasteiger partial charge is 0.179 e. The van der Waals surface area contributed by atoms with Gasteiger partial charge in [0, 0.05) is 52.2 Å². The number of halogens is 1. The Bertz CT molecular complexity index is 1450. The Morgan fingerprint density at radius 1 is 1.16 bits per heavy atom. The van der Waals surface area contributed by atoms with Crippen molar-refractivity contribution in [1.82, 2.24) is 19.7 Å². The minimum atomic E-state index is -0.200. The molecule has 0 saturated heterocycles. The van der Waals surface area contributed by atoms with E-state index in [1.54, 1.807) is 23.7 Å².